The first-order chi connectivity index (χ1) is 11.1. The zero-order chi connectivity index (χ0) is 18.1. The number of aryl methyl sites for hydroxylation is 1. The Kier molecular flexibility index (Phi) is 5.72. The lowest BCUT2D eigenvalue weighted by molar-refractivity contribution is -0.141. The summed E-state index contributed by atoms with van der Waals surface area (Å²) in [5.74, 6) is -0.220. The van der Waals surface area contributed by atoms with E-state index in [1.807, 2.05) is 11.8 Å². The van der Waals surface area contributed by atoms with Gasteiger partial charge in [-0.25, -0.2) is 0 Å². The van der Waals surface area contributed by atoms with Crippen molar-refractivity contribution in [2.75, 3.05) is 26.3 Å². The number of Topliss-reactive ketones (excluding diaryl/α,β-unsaturated/α-hetero) is 1. The molecule has 1 fully saturated rings. The average molecular weight is 348 g/mol. The topological polar surface area (TPSA) is 54.7 Å². The summed E-state index contributed by atoms with van der Waals surface area (Å²) in [5.41, 5.74) is 1.06. The summed E-state index contributed by atoms with van der Waals surface area (Å²) in [5, 5.41) is 9.19. The second-order valence-electron chi connectivity index (χ2n) is 6.33. The summed E-state index contributed by atoms with van der Waals surface area (Å²) in [7, 11) is 0. The van der Waals surface area contributed by atoms with Crippen LogP contribution in [0.3, 0.4) is 0 Å². The van der Waals surface area contributed by atoms with Crippen LogP contribution < -0.4 is 0 Å². The quantitative estimate of drug-likeness (QED) is 0.827. The summed E-state index contributed by atoms with van der Waals surface area (Å²) in [6, 6.07) is 1.52. The first-order valence-electron chi connectivity index (χ1n) is 7.85. The predicted octanol–water partition coefficient (Wildman–Crippen LogP) is 1.93. The van der Waals surface area contributed by atoms with Gasteiger partial charge < -0.3 is 14.4 Å². The number of ether oxygens (including phenoxy) is 1. The largest absolute Gasteiger partial charge is 0.406 e. The van der Waals surface area contributed by atoms with E-state index in [1.165, 1.54) is 13.0 Å². The zero-order valence-electron chi connectivity index (χ0n) is 14.1. The number of halogens is 3. The van der Waals surface area contributed by atoms with E-state index in [-0.39, 0.29) is 31.1 Å². The Labute approximate surface area is 139 Å². The zero-order valence-corrected chi connectivity index (χ0v) is 14.1. The van der Waals surface area contributed by atoms with Gasteiger partial charge in [0, 0.05) is 29.5 Å². The van der Waals surface area contributed by atoms with Gasteiger partial charge in [-0.3, -0.25) is 9.69 Å². The fraction of sp³-hybridized carbons (Fsp3) is 0.688. The van der Waals surface area contributed by atoms with Gasteiger partial charge in [0.1, 0.15) is 6.54 Å². The molecule has 0 saturated carbocycles. The van der Waals surface area contributed by atoms with Crippen LogP contribution in [-0.2, 0) is 11.3 Å². The number of nitrogens with zero attached hydrogens (tertiary/aromatic N) is 2. The minimum absolute atomic E-state index is 0.00964. The molecule has 1 aliphatic rings. The fourth-order valence-corrected chi connectivity index (χ4v) is 2.98. The van der Waals surface area contributed by atoms with Crippen LogP contribution in [0.15, 0.2) is 6.07 Å². The molecule has 2 rings (SSSR count). The summed E-state index contributed by atoms with van der Waals surface area (Å²) < 4.78 is 44.5. The maximum absolute atomic E-state index is 12.7. The lowest BCUT2D eigenvalue weighted by Gasteiger charge is -2.36. The Balaban J connectivity index is 2.14. The number of hydrogen-bond acceptors (Lipinski definition) is 4. The Hall–Kier alpha value is -1.38. The van der Waals surface area contributed by atoms with Gasteiger partial charge >= 0.3 is 6.18 Å². The molecule has 0 spiro atoms. The van der Waals surface area contributed by atoms with E-state index in [0.29, 0.717) is 30.1 Å². The van der Waals surface area contributed by atoms with Gasteiger partial charge in [-0.05, 0) is 26.8 Å². The first kappa shape index (κ1) is 19.0. The van der Waals surface area contributed by atoms with E-state index in [1.54, 1.807) is 6.92 Å². The molecular formula is C16H23F3N2O3. The molecule has 5 nitrogen and oxygen atoms in total. The second-order valence-corrected chi connectivity index (χ2v) is 6.33. The van der Waals surface area contributed by atoms with Gasteiger partial charge in [0.15, 0.2) is 5.78 Å². The highest BCUT2D eigenvalue weighted by molar-refractivity contribution is 5.99. The molecule has 136 valence electrons. The number of hydrogen-bond donors (Lipinski definition) is 1. The summed E-state index contributed by atoms with van der Waals surface area (Å²) >= 11 is 0. The molecule has 2 atom stereocenters. The van der Waals surface area contributed by atoms with E-state index in [9.17, 15) is 23.1 Å². The van der Waals surface area contributed by atoms with Crippen molar-refractivity contribution in [1.82, 2.24) is 9.47 Å². The van der Waals surface area contributed by atoms with E-state index in [4.69, 9.17) is 4.74 Å². The average Bonchev–Trinajstić information content (AvgIpc) is 2.76. The number of aliphatic hydroxyl groups is 1. The molecule has 0 bridgehead atoms. The maximum Gasteiger partial charge on any atom is 0.406 e. The number of carbonyl (C=O) groups is 1. The summed E-state index contributed by atoms with van der Waals surface area (Å²) in [4.78, 5) is 14.5. The molecule has 0 radical (unpaired) electrons. The smallest absolute Gasteiger partial charge is 0.394 e. The van der Waals surface area contributed by atoms with E-state index < -0.39 is 12.7 Å². The third-order valence-corrected chi connectivity index (χ3v) is 4.40. The Bertz CT molecular complexity index is 598. The molecule has 1 aromatic rings. The molecule has 2 unspecified atom stereocenters. The standard InChI is InChI=1S/C16H23F3N2O3/c1-10-4-14(12(3)21(10)9-16(17,18)19)15(23)6-20-5-13(7-22)24-8-11(20)2/h4,11,13,22H,5-9H2,1-3H3. The minimum Gasteiger partial charge on any atom is -0.394 e. The summed E-state index contributed by atoms with van der Waals surface area (Å²) in [6.45, 7) is 4.71. The molecule has 2 heterocycles. The highest BCUT2D eigenvalue weighted by atomic mass is 19.4. The van der Waals surface area contributed by atoms with Crippen molar-refractivity contribution in [3.8, 4) is 0 Å². The number of aliphatic hydroxyl groups excluding tert-OH is 1. The third kappa shape index (κ3) is 4.37. The number of carbonyl (C=O) groups excluding carboxylic acids is 1. The van der Waals surface area contributed by atoms with Gasteiger partial charge in [0.05, 0.1) is 25.9 Å². The van der Waals surface area contributed by atoms with Crippen molar-refractivity contribution in [3.63, 3.8) is 0 Å². The number of ketones is 1. The van der Waals surface area contributed by atoms with Gasteiger partial charge in [-0.2, -0.15) is 13.2 Å². The van der Waals surface area contributed by atoms with Crippen LogP contribution >= 0.6 is 0 Å². The number of aromatic nitrogens is 1. The van der Waals surface area contributed by atoms with Crippen molar-refractivity contribution < 1.29 is 27.8 Å². The normalized spacial score (nSPS) is 22.8. The molecule has 8 heteroatoms. The highest BCUT2D eigenvalue weighted by Crippen LogP contribution is 2.24. The van der Waals surface area contributed by atoms with Gasteiger partial charge in [0.25, 0.3) is 0 Å². The van der Waals surface area contributed by atoms with Gasteiger partial charge in [-0.1, -0.05) is 0 Å². The molecule has 1 N–H and O–H groups in total. The number of morpholine rings is 1. The van der Waals surface area contributed by atoms with E-state index in [0.717, 1.165) is 4.57 Å². The van der Waals surface area contributed by atoms with Crippen molar-refractivity contribution in [1.29, 1.82) is 0 Å². The van der Waals surface area contributed by atoms with Crippen LogP contribution in [0.5, 0.6) is 0 Å². The molecular weight excluding hydrogens is 325 g/mol. The lowest BCUT2D eigenvalue weighted by Crippen LogP contribution is -2.51. The van der Waals surface area contributed by atoms with Gasteiger partial charge in [0.2, 0.25) is 0 Å². The third-order valence-electron chi connectivity index (χ3n) is 4.40. The highest BCUT2D eigenvalue weighted by Gasteiger charge is 2.31. The Morgan fingerprint density at radius 2 is 2.08 bits per heavy atom. The van der Waals surface area contributed by atoms with Crippen molar-refractivity contribution in [2.45, 2.75) is 45.6 Å². The number of rotatable bonds is 5. The van der Waals surface area contributed by atoms with Crippen LogP contribution in [0.25, 0.3) is 0 Å². The molecule has 0 amide bonds. The van der Waals surface area contributed by atoms with Crippen LogP contribution in [-0.4, -0.2) is 65.0 Å². The Morgan fingerprint density at radius 1 is 1.42 bits per heavy atom. The van der Waals surface area contributed by atoms with Gasteiger partial charge in [-0.15, -0.1) is 0 Å². The first-order valence-corrected chi connectivity index (χ1v) is 7.85. The molecule has 1 aliphatic heterocycles. The van der Waals surface area contributed by atoms with Crippen molar-refractivity contribution >= 4 is 5.78 Å². The molecule has 1 saturated heterocycles. The van der Waals surface area contributed by atoms with Crippen LogP contribution in [0, 0.1) is 13.8 Å². The molecule has 1 aromatic heterocycles. The van der Waals surface area contributed by atoms with Crippen LogP contribution in [0.1, 0.15) is 28.7 Å². The van der Waals surface area contributed by atoms with Crippen LogP contribution in [0.4, 0.5) is 13.2 Å². The van der Waals surface area contributed by atoms with E-state index in [2.05, 4.69) is 0 Å². The fourth-order valence-electron chi connectivity index (χ4n) is 2.98. The van der Waals surface area contributed by atoms with Crippen molar-refractivity contribution in [2.24, 2.45) is 0 Å². The van der Waals surface area contributed by atoms with E-state index >= 15 is 0 Å². The Morgan fingerprint density at radius 3 is 2.67 bits per heavy atom. The molecule has 0 aliphatic carbocycles. The minimum atomic E-state index is -4.33. The second kappa shape index (κ2) is 7.25. The SMILES string of the molecule is Cc1cc(C(=O)CN2CC(CO)OCC2C)c(C)n1CC(F)(F)F. The predicted molar refractivity (Wildman–Crippen MR) is 82.2 cm³/mol. The molecule has 24 heavy (non-hydrogen) atoms. The van der Waals surface area contributed by atoms with Crippen molar-refractivity contribution in [3.05, 3.63) is 23.0 Å². The monoisotopic (exact) mass is 348 g/mol. The maximum atomic E-state index is 12.7. The summed E-state index contributed by atoms with van der Waals surface area (Å²) in [6.07, 6.45) is -4.67. The lowest BCUT2D eigenvalue weighted by atomic mass is 10.1. The molecule has 0 aromatic carbocycles. The number of alkyl halides is 3. The van der Waals surface area contributed by atoms with Crippen LogP contribution in [0.2, 0.25) is 0 Å².